The van der Waals surface area contributed by atoms with Gasteiger partial charge in [0.2, 0.25) is 0 Å². The van der Waals surface area contributed by atoms with Gasteiger partial charge in [-0.3, -0.25) is 0 Å². The minimum Gasteiger partial charge on any atom is -0.340 e. The van der Waals surface area contributed by atoms with Gasteiger partial charge in [-0.2, -0.15) is 0 Å². The van der Waals surface area contributed by atoms with Crippen LogP contribution in [0.15, 0.2) is 0 Å². The predicted molar refractivity (Wildman–Crippen MR) is 19.0 cm³/mol. The van der Waals surface area contributed by atoms with Gasteiger partial charge in [0.25, 0.3) is 0 Å². The predicted octanol–water partition coefficient (Wildman–Crippen LogP) is 0.504. The van der Waals surface area contributed by atoms with Gasteiger partial charge in [-0.25, -0.2) is 0 Å². The summed E-state index contributed by atoms with van der Waals surface area (Å²) in [6.45, 7) is 0. The fourth-order valence-electron chi connectivity index (χ4n) is 0. The van der Waals surface area contributed by atoms with E-state index in [1.165, 1.54) is 0 Å². The molecule has 0 aliphatic heterocycles. The highest BCUT2D eigenvalue weighted by molar-refractivity contribution is 6.44. The average molecular weight is 80.3 g/mol. The molecule has 0 nitrogen and oxygen atoms in total. The van der Waals surface area contributed by atoms with Crippen molar-refractivity contribution in [2.24, 2.45) is 0 Å². The number of hydrogen-bond donors (Lipinski definition) is 0. The van der Waals surface area contributed by atoms with Crippen LogP contribution in [0.25, 0.3) is 0 Å². The summed E-state index contributed by atoms with van der Waals surface area (Å²) in [6, 6.07) is 0. The van der Waals surface area contributed by atoms with E-state index in [9.17, 15) is 4.32 Å². The Labute approximate surface area is 30.2 Å². The summed E-state index contributed by atoms with van der Waals surface area (Å²) in [4.78, 5) is 0. The van der Waals surface area contributed by atoms with E-state index in [0.29, 0.717) is 0 Å². The topological polar surface area (TPSA) is 0 Å². The Morgan fingerprint density at radius 1 is 2.00 bits per heavy atom. The first-order valence-electron chi connectivity index (χ1n) is 1.03. The molecule has 0 atom stereocenters. The van der Waals surface area contributed by atoms with E-state index in [1.807, 2.05) is 0 Å². The van der Waals surface area contributed by atoms with Crippen LogP contribution in [0.2, 0.25) is 0 Å². The van der Waals surface area contributed by atoms with Crippen LogP contribution < -0.4 is 0 Å². The third-order valence-corrected chi connectivity index (χ3v) is 0.214. The van der Waals surface area contributed by atoms with Gasteiger partial charge in [0.05, 0.1) is 0 Å². The zero-order chi connectivity index (χ0) is 3.41. The Bertz CT molecular complexity index is 10.0. The van der Waals surface area contributed by atoms with Gasteiger partial charge in [-0.05, 0) is 0 Å². The second-order valence-electron chi connectivity index (χ2n) is 0.378. The lowest BCUT2D eigenvalue weighted by molar-refractivity contribution is 0.875. The zero-order valence-corrected chi connectivity index (χ0v) is 2.93. The number of alkyl halides is 1. The van der Waals surface area contributed by atoms with Crippen LogP contribution in [-0.4, -0.2) is 13.3 Å². The van der Waals surface area contributed by atoms with Crippen molar-refractivity contribution in [3.63, 3.8) is 0 Å². The largest absolute Gasteiger partial charge is 0.346 e. The van der Waals surface area contributed by atoms with Crippen LogP contribution in [-0.2, 0) is 0 Å². The van der Waals surface area contributed by atoms with Gasteiger partial charge >= 0.3 is 7.56 Å². The maximum Gasteiger partial charge on any atom is 0.346 e. The highest BCUT2D eigenvalue weighted by Gasteiger charge is 1.71. The molecule has 0 radical (unpaired) electrons. The molecular formula is CH3BClF. The summed E-state index contributed by atoms with van der Waals surface area (Å²) in [5.74, 6) is 0.125. The average Bonchev–Trinajstić information content (AvgIpc) is 1.37. The monoisotopic (exact) mass is 80.0 g/mol. The molecule has 0 spiro atoms. The molecule has 0 aromatic rings. The summed E-state index contributed by atoms with van der Waals surface area (Å²) in [5, 5.41) is 0. The maximum atomic E-state index is 10.6. The van der Waals surface area contributed by atoms with Crippen molar-refractivity contribution in [2.45, 2.75) is 0 Å². The molecule has 0 unspecified atom stereocenters. The van der Waals surface area contributed by atoms with E-state index in [0.717, 1.165) is 0 Å². The second-order valence-corrected chi connectivity index (χ2v) is 0.756. The fraction of sp³-hybridized carbons (Fsp3) is 1.00. The fourth-order valence-corrected chi connectivity index (χ4v) is 0. The van der Waals surface area contributed by atoms with Gasteiger partial charge in [-0.15, -0.1) is 11.6 Å². The molecule has 0 saturated heterocycles. The van der Waals surface area contributed by atoms with Crippen LogP contribution in [0.1, 0.15) is 0 Å². The lowest BCUT2D eigenvalue weighted by atomic mass is 10.2. The van der Waals surface area contributed by atoms with Crippen LogP contribution in [0, 0.1) is 0 Å². The normalized spacial score (nSPS) is 6.50. The van der Waals surface area contributed by atoms with E-state index in [-0.39, 0.29) is 5.78 Å². The van der Waals surface area contributed by atoms with Crippen molar-refractivity contribution in [3.8, 4) is 0 Å². The molecular weight excluding hydrogens is 77.3 g/mol. The van der Waals surface area contributed by atoms with E-state index < -0.39 is 7.56 Å². The molecule has 0 rings (SSSR count). The van der Waals surface area contributed by atoms with Crippen LogP contribution >= 0.6 is 11.6 Å². The Kier molecular flexibility index (Phi) is 3.52. The lowest BCUT2D eigenvalue weighted by Gasteiger charge is -1.57. The zero-order valence-electron chi connectivity index (χ0n) is 2.17. The van der Waals surface area contributed by atoms with Crippen LogP contribution in [0.3, 0.4) is 0 Å². The first-order valence-corrected chi connectivity index (χ1v) is 1.57. The summed E-state index contributed by atoms with van der Waals surface area (Å²) < 4.78 is 10.6. The van der Waals surface area contributed by atoms with E-state index >= 15 is 0 Å². The molecule has 0 fully saturated rings. The summed E-state index contributed by atoms with van der Waals surface area (Å²) in [6.07, 6.45) is 0. The first kappa shape index (κ1) is 4.28. The molecule has 24 valence electrons. The van der Waals surface area contributed by atoms with Gasteiger partial charge in [0.15, 0.2) is 0 Å². The molecule has 0 bridgehead atoms. The first-order chi connectivity index (χ1) is 1.91. The molecule has 0 aliphatic carbocycles. The quantitative estimate of drug-likeness (QED) is 0.318. The third-order valence-electron chi connectivity index (χ3n) is 0.0714. The lowest BCUT2D eigenvalue weighted by Crippen LogP contribution is -1.74. The number of rotatable bonds is 1. The van der Waals surface area contributed by atoms with E-state index in [1.54, 1.807) is 0 Å². The van der Waals surface area contributed by atoms with Gasteiger partial charge < -0.3 is 4.32 Å². The Morgan fingerprint density at radius 2 is 2.25 bits per heavy atom. The Balaban J connectivity index is 1.97. The molecule has 0 aromatic heterocycles. The molecule has 0 heterocycles. The molecule has 0 aromatic carbocycles. The third kappa shape index (κ3) is 2.28. The van der Waals surface area contributed by atoms with Crippen molar-refractivity contribution < 1.29 is 4.32 Å². The van der Waals surface area contributed by atoms with Gasteiger partial charge in [0.1, 0.15) is 0 Å². The Hall–Kier alpha value is 0.285. The molecule has 4 heavy (non-hydrogen) atoms. The molecule has 0 amide bonds. The smallest absolute Gasteiger partial charge is 0.340 e. The van der Waals surface area contributed by atoms with Gasteiger partial charge in [-0.1, -0.05) is 0 Å². The molecule has 0 saturated carbocycles. The van der Waals surface area contributed by atoms with Crippen LogP contribution in [0.5, 0.6) is 0 Å². The van der Waals surface area contributed by atoms with Crippen molar-refractivity contribution in [1.29, 1.82) is 0 Å². The van der Waals surface area contributed by atoms with Crippen molar-refractivity contribution >= 4 is 19.2 Å². The summed E-state index contributed by atoms with van der Waals surface area (Å²) >= 11 is 4.81. The second kappa shape index (κ2) is 3.28. The minimum atomic E-state index is -0.415. The summed E-state index contributed by atoms with van der Waals surface area (Å²) in [5.41, 5.74) is 0. The molecule has 3 heteroatoms. The molecule has 0 N–H and O–H groups in total. The van der Waals surface area contributed by atoms with Crippen molar-refractivity contribution in [3.05, 3.63) is 0 Å². The van der Waals surface area contributed by atoms with Crippen molar-refractivity contribution in [2.75, 3.05) is 5.78 Å². The highest BCUT2D eigenvalue weighted by atomic mass is 35.5. The SMILES string of the molecule is FBCCl. The van der Waals surface area contributed by atoms with E-state index in [4.69, 9.17) is 11.6 Å². The van der Waals surface area contributed by atoms with Crippen molar-refractivity contribution in [1.82, 2.24) is 0 Å². The summed E-state index contributed by atoms with van der Waals surface area (Å²) in [7, 11) is -0.415. The minimum absolute atomic E-state index is 0.125. The van der Waals surface area contributed by atoms with E-state index in [2.05, 4.69) is 0 Å². The number of halogens is 2. The van der Waals surface area contributed by atoms with Crippen LogP contribution in [0.4, 0.5) is 4.32 Å². The standard InChI is InChI=1S/CH3BClF/c3-1-2-4/h2H,1H2. The number of hydrogen-bond acceptors (Lipinski definition) is 0. The van der Waals surface area contributed by atoms with Gasteiger partial charge in [0, 0.05) is 5.78 Å². The molecule has 0 aliphatic rings. The highest BCUT2D eigenvalue weighted by Crippen LogP contribution is 1.65. The Morgan fingerprint density at radius 3 is 2.25 bits per heavy atom. The maximum absolute atomic E-state index is 10.6.